The van der Waals surface area contributed by atoms with Crippen LogP contribution in [-0.4, -0.2) is 20.2 Å². The van der Waals surface area contributed by atoms with Crippen molar-refractivity contribution in [3.63, 3.8) is 0 Å². The van der Waals surface area contributed by atoms with Gasteiger partial charge in [-0.2, -0.15) is 0 Å². The predicted molar refractivity (Wildman–Crippen MR) is 106 cm³/mol. The number of imidazole rings is 1. The molecule has 2 aromatic heterocycles. The van der Waals surface area contributed by atoms with E-state index in [-0.39, 0.29) is 0 Å². The number of nitrogens with one attached hydrogen (secondary N) is 1. The molecule has 0 aliphatic heterocycles. The summed E-state index contributed by atoms with van der Waals surface area (Å²) in [4.78, 5) is 7.69. The number of aromatic amines is 1. The number of H-pyrrole nitrogens is 1. The van der Waals surface area contributed by atoms with E-state index in [2.05, 4.69) is 36.1 Å². The smallest absolute Gasteiger partial charge is 0.247 e. The maximum atomic E-state index is 5.89. The lowest BCUT2D eigenvalue weighted by molar-refractivity contribution is 0.528. The molecular formula is C18H12BrClN4OS. The molecule has 130 valence electrons. The number of thioether (sulfide) groups is 1. The van der Waals surface area contributed by atoms with Crippen LogP contribution in [0.3, 0.4) is 0 Å². The van der Waals surface area contributed by atoms with Crippen LogP contribution in [0.25, 0.3) is 22.7 Å². The van der Waals surface area contributed by atoms with Gasteiger partial charge in [-0.25, -0.2) is 4.98 Å². The van der Waals surface area contributed by atoms with Crippen molar-refractivity contribution in [1.29, 1.82) is 0 Å². The van der Waals surface area contributed by atoms with Crippen LogP contribution in [0.2, 0.25) is 5.02 Å². The third kappa shape index (κ3) is 4.00. The maximum Gasteiger partial charge on any atom is 0.247 e. The van der Waals surface area contributed by atoms with E-state index < -0.39 is 0 Å². The molecule has 0 aliphatic rings. The predicted octanol–water partition coefficient (Wildman–Crippen LogP) is 5.83. The molecule has 0 atom stereocenters. The lowest BCUT2D eigenvalue weighted by Crippen LogP contribution is -1.82. The first kappa shape index (κ1) is 17.3. The van der Waals surface area contributed by atoms with Crippen LogP contribution in [0.1, 0.15) is 5.89 Å². The van der Waals surface area contributed by atoms with Gasteiger partial charge in [-0.1, -0.05) is 51.4 Å². The second-order valence-corrected chi connectivity index (χ2v) is 7.72. The number of rotatable bonds is 5. The Morgan fingerprint density at radius 1 is 1.00 bits per heavy atom. The molecule has 0 saturated carbocycles. The van der Waals surface area contributed by atoms with Crippen molar-refractivity contribution in [3.8, 4) is 22.7 Å². The van der Waals surface area contributed by atoms with Crippen LogP contribution in [-0.2, 0) is 5.75 Å². The Labute approximate surface area is 167 Å². The quantitative estimate of drug-likeness (QED) is 0.390. The van der Waals surface area contributed by atoms with Gasteiger partial charge in [0.25, 0.3) is 0 Å². The molecule has 5 nitrogen and oxygen atoms in total. The van der Waals surface area contributed by atoms with Crippen molar-refractivity contribution < 1.29 is 4.42 Å². The van der Waals surface area contributed by atoms with Gasteiger partial charge in [-0.05, 0) is 42.0 Å². The number of benzene rings is 2. The summed E-state index contributed by atoms with van der Waals surface area (Å²) < 4.78 is 6.75. The topological polar surface area (TPSA) is 67.6 Å². The Balaban J connectivity index is 1.42. The standard InChI is InChI=1S/C18H12BrClN4OS/c19-13-5-1-11(2-6-13)15-9-21-18(22-15)26-10-16-23-24-17(25-16)12-3-7-14(20)8-4-12/h1-9H,10H2,(H,21,22). The summed E-state index contributed by atoms with van der Waals surface area (Å²) in [6.45, 7) is 0. The first-order chi connectivity index (χ1) is 12.7. The van der Waals surface area contributed by atoms with Crippen LogP contribution in [0.4, 0.5) is 0 Å². The minimum atomic E-state index is 0.479. The van der Waals surface area contributed by atoms with Crippen LogP contribution in [0.15, 0.2) is 68.8 Å². The molecule has 4 aromatic rings. The highest BCUT2D eigenvalue weighted by molar-refractivity contribution is 9.10. The van der Waals surface area contributed by atoms with E-state index in [1.807, 2.05) is 42.6 Å². The number of halogens is 2. The van der Waals surface area contributed by atoms with Gasteiger partial charge in [0.1, 0.15) is 0 Å². The molecule has 0 unspecified atom stereocenters. The molecule has 0 saturated heterocycles. The molecule has 0 spiro atoms. The highest BCUT2D eigenvalue weighted by Gasteiger charge is 2.10. The molecule has 2 heterocycles. The van der Waals surface area contributed by atoms with Gasteiger partial charge in [0, 0.05) is 15.1 Å². The molecule has 1 N–H and O–H groups in total. The van der Waals surface area contributed by atoms with Crippen molar-refractivity contribution in [1.82, 2.24) is 20.2 Å². The first-order valence-corrected chi connectivity index (χ1v) is 9.85. The lowest BCUT2D eigenvalue weighted by Gasteiger charge is -1.97. The largest absolute Gasteiger partial charge is 0.420 e. The summed E-state index contributed by atoms with van der Waals surface area (Å²) in [5, 5.41) is 9.64. The van der Waals surface area contributed by atoms with Crippen LogP contribution >= 0.6 is 39.3 Å². The Bertz CT molecular complexity index is 931. The normalized spacial score (nSPS) is 11.0. The molecule has 2 aromatic carbocycles. The monoisotopic (exact) mass is 446 g/mol. The second kappa shape index (κ2) is 7.65. The third-order valence-corrected chi connectivity index (χ3v) is 5.25. The highest BCUT2D eigenvalue weighted by Crippen LogP contribution is 2.26. The Kier molecular flexibility index (Phi) is 5.10. The zero-order chi connectivity index (χ0) is 17.9. The van der Waals surface area contributed by atoms with Crippen molar-refractivity contribution in [2.75, 3.05) is 0 Å². The molecule has 0 amide bonds. The van der Waals surface area contributed by atoms with E-state index >= 15 is 0 Å². The minimum Gasteiger partial charge on any atom is -0.420 e. The van der Waals surface area contributed by atoms with Gasteiger partial charge in [0.2, 0.25) is 11.8 Å². The van der Waals surface area contributed by atoms with Crippen molar-refractivity contribution in [2.45, 2.75) is 10.9 Å². The fraction of sp³-hybridized carbons (Fsp3) is 0.0556. The minimum absolute atomic E-state index is 0.479. The van der Waals surface area contributed by atoms with Gasteiger partial charge < -0.3 is 9.40 Å². The average molecular weight is 448 g/mol. The van der Waals surface area contributed by atoms with Crippen LogP contribution in [0.5, 0.6) is 0 Å². The molecule has 0 aliphatic carbocycles. The Hall–Kier alpha value is -2.09. The van der Waals surface area contributed by atoms with Crippen molar-refractivity contribution >= 4 is 39.3 Å². The number of hydrogen-bond acceptors (Lipinski definition) is 5. The van der Waals surface area contributed by atoms with Crippen molar-refractivity contribution in [2.24, 2.45) is 0 Å². The van der Waals surface area contributed by atoms with E-state index in [1.54, 1.807) is 12.1 Å². The van der Waals surface area contributed by atoms with Gasteiger partial charge in [-0.15, -0.1) is 10.2 Å². The van der Waals surface area contributed by atoms with E-state index in [4.69, 9.17) is 16.0 Å². The lowest BCUT2D eigenvalue weighted by atomic mass is 10.2. The third-order valence-electron chi connectivity index (χ3n) is 3.60. The van der Waals surface area contributed by atoms with E-state index in [1.165, 1.54) is 11.8 Å². The van der Waals surface area contributed by atoms with E-state index in [0.717, 1.165) is 26.4 Å². The van der Waals surface area contributed by atoms with Gasteiger partial charge >= 0.3 is 0 Å². The second-order valence-electron chi connectivity index (χ2n) is 5.41. The summed E-state index contributed by atoms with van der Waals surface area (Å²) in [5.41, 5.74) is 2.89. The number of aromatic nitrogens is 4. The van der Waals surface area contributed by atoms with E-state index in [9.17, 15) is 0 Å². The maximum absolute atomic E-state index is 5.89. The van der Waals surface area contributed by atoms with Crippen molar-refractivity contribution in [3.05, 3.63) is 70.1 Å². The zero-order valence-corrected chi connectivity index (χ0v) is 16.5. The number of hydrogen-bond donors (Lipinski definition) is 1. The Morgan fingerprint density at radius 2 is 1.73 bits per heavy atom. The summed E-state index contributed by atoms with van der Waals surface area (Å²) >= 11 is 10.8. The molecule has 8 heteroatoms. The zero-order valence-electron chi connectivity index (χ0n) is 13.3. The average Bonchev–Trinajstić information content (AvgIpc) is 3.31. The fourth-order valence-electron chi connectivity index (χ4n) is 2.30. The molecule has 4 rings (SSSR count). The molecule has 26 heavy (non-hydrogen) atoms. The summed E-state index contributed by atoms with van der Waals surface area (Å²) in [5.74, 6) is 1.56. The molecule has 0 radical (unpaired) electrons. The van der Waals surface area contributed by atoms with Crippen LogP contribution in [0, 0.1) is 0 Å². The number of nitrogens with zero attached hydrogens (tertiary/aromatic N) is 3. The van der Waals surface area contributed by atoms with Gasteiger partial charge in [0.05, 0.1) is 17.6 Å². The van der Waals surface area contributed by atoms with E-state index in [0.29, 0.717) is 22.6 Å². The molecule has 0 fully saturated rings. The van der Waals surface area contributed by atoms with Crippen LogP contribution < -0.4 is 0 Å². The van der Waals surface area contributed by atoms with Gasteiger partial charge in [0.15, 0.2) is 5.16 Å². The fourth-order valence-corrected chi connectivity index (χ4v) is 3.38. The highest BCUT2D eigenvalue weighted by atomic mass is 79.9. The SMILES string of the molecule is Clc1ccc(-c2nnc(CSc3ncc(-c4ccc(Br)cc4)[nH]3)o2)cc1. The van der Waals surface area contributed by atoms with Gasteiger partial charge in [-0.3, -0.25) is 0 Å². The molecule has 0 bridgehead atoms. The summed E-state index contributed by atoms with van der Waals surface area (Å²) in [6.07, 6.45) is 1.82. The molecular weight excluding hydrogens is 436 g/mol. The summed E-state index contributed by atoms with van der Waals surface area (Å²) in [7, 11) is 0. The Morgan fingerprint density at radius 3 is 2.50 bits per heavy atom. The first-order valence-electron chi connectivity index (χ1n) is 7.69. The summed E-state index contributed by atoms with van der Waals surface area (Å²) in [6, 6.07) is 15.3.